The first kappa shape index (κ1) is 15.6. The molecule has 0 aliphatic rings. The van der Waals surface area contributed by atoms with Gasteiger partial charge in [0.05, 0.1) is 10.0 Å². The maximum absolute atomic E-state index is 5.90. The Morgan fingerprint density at radius 2 is 1.00 bits per heavy atom. The predicted molar refractivity (Wildman–Crippen MR) is 96.6 cm³/mol. The van der Waals surface area contributed by atoms with Gasteiger partial charge in [0.1, 0.15) is 0 Å². The van der Waals surface area contributed by atoms with Gasteiger partial charge in [-0.3, -0.25) is 0 Å². The van der Waals surface area contributed by atoms with Gasteiger partial charge in [0.15, 0.2) is 0 Å². The zero-order chi connectivity index (χ0) is 15.7. The van der Waals surface area contributed by atoms with Crippen molar-refractivity contribution in [1.29, 1.82) is 0 Å². The van der Waals surface area contributed by atoms with Gasteiger partial charge in [-0.1, -0.05) is 46.4 Å². The summed E-state index contributed by atoms with van der Waals surface area (Å²) in [6.07, 6.45) is 3.68. The Labute approximate surface area is 146 Å². The Morgan fingerprint density at radius 1 is 0.591 bits per heavy atom. The summed E-state index contributed by atoms with van der Waals surface area (Å²) in [6.45, 7) is 0. The Kier molecular flexibility index (Phi) is 4.55. The van der Waals surface area contributed by atoms with E-state index in [-0.39, 0.29) is 0 Å². The molecule has 0 bridgehead atoms. The fraction of sp³-hybridized carbons (Fsp3) is 0. The number of fused-ring (bicyclic) bond motifs is 2. The van der Waals surface area contributed by atoms with Gasteiger partial charge in [-0.15, -0.1) is 0 Å². The molecule has 4 aromatic rings. The number of halogens is 4. The molecule has 0 fully saturated rings. The van der Waals surface area contributed by atoms with E-state index in [1.54, 1.807) is 12.1 Å². The fourth-order valence-electron chi connectivity index (χ4n) is 2.18. The molecule has 0 atom stereocenters. The summed E-state index contributed by atoms with van der Waals surface area (Å²) in [4.78, 5) is 6.06. The molecule has 22 heavy (non-hydrogen) atoms. The van der Waals surface area contributed by atoms with Gasteiger partial charge < -0.3 is 9.97 Å². The summed E-state index contributed by atoms with van der Waals surface area (Å²) in [7, 11) is 0. The van der Waals surface area contributed by atoms with Gasteiger partial charge in [-0.05, 0) is 36.4 Å². The molecule has 2 aromatic heterocycles. The van der Waals surface area contributed by atoms with Crippen LogP contribution in [-0.2, 0) is 0 Å². The van der Waals surface area contributed by atoms with Crippen molar-refractivity contribution in [2.45, 2.75) is 0 Å². The summed E-state index contributed by atoms with van der Waals surface area (Å²) in [5.74, 6) is 0. The van der Waals surface area contributed by atoms with Gasteiger partial charge in [0.25, 0.3) is 0 Å². The van der Waals surface area contributed by atoms with Crippen molar-refractivity contribution >= 4 is 68.2 Å². The van der Waals surface area contributed by atoms with E-state index in [0.717, 1.165) is 21.8 Å². The number of rotatable bonds is 0. The van der Waals surface area contributed by atoms with E-state index in [1.165, 1.54) is 0 Å². The van der Waals surface area contributed by atoms with Gasteiger partial charge in [0.2, 0.25) is 0 Å². The highest BCUT2D eigenvalue weighted by molar-refractivity contribution is 6.39. The van der Waals surface area contributed by atoms with E-state index in [9.17, 15) is 0 Å². The number of benzene rings is 2. The molecule has 0 radical (unpaired) electrons. The molecule has 112 valence electrons. The van der Waals surface area contributed by atoms with Crippen LogP contribution >= 0.6 is 46.4 Å². The molecule has 2 N–H and O–H groups in total. The molecule has 0 saturated heterocycles. The molecule has 6 heteroatoms. The van der Waals surface area contributed by atoms with Crippen molar-refractivity contribution in [2.24, 2.45) is 0 Å². The molecule has 0 aliphatic carbocycles. The van der Waals surface area contributed by atoms with Gasteiger partial charge in [-0.25, -0.2) is 0 Å². The zero-order valence-corrected chi connectivity index (χ0v) is 14.2. The number of nitrogens with one attached hydrogen (secondary N) is 2. The molecule has 2 aromatic carbocycles. The zero-order valence-electron chi connectivity index (χ0n) is 11.1. The van der Waals surface area contributed by atoms with Crippen molar-refractivity contribution in [3.63, 3.8) is 0 Å². The lowest BCUT2D eigenvalue weighted by Gasteiger charge is -1.94. The highest BCUT2D eigenvalue weighted by Gasteiger charge is 2.01. The minimum atomic E-state index is 0.657. The Morgan fingerprint density at radius 3 is 1.41 bits per heavy atom. The normalized spacial score (nSPS) is 10.7. The Hall–Kier alpha value is -1.32. The average Bonchev–Trinajstić information content (AvgIpc) is 3.07. The first-order valence-corrected chi connectivity index (χ1v) is 7.90. The summed E-state index contributed by atoms with van der Waals surface area (Å²) in [5, 5.41) is 4.71. The van der Waals surface area contributed by atoms with E-state index in [2.05, 4.69) is 9.97 Å². The predicted octanol–water partition coefficient (Wildman–Crippen LogP) is 6.95. The van der Waals surface area contributed by atoms with E-state index >= 15 is 0 Å². The van der Waals surface area contributed by atoms with Crippen molar-refractivity contribution in [3.8, 4) is 0 Å². The molecule has 2 heterocycles. The van der Waals surface area contributed by atoms with Crippen LogP contribution in [0.25, 0.3) is 21.8 Å². The topological polar surface area (TPSA) is 31.6 Å². The van der Waals surface area contributed by atoms with Crippen molar-refractivity contribution in [1.82, 2.24) is 9.97 Å². The van der Waals surface area contributed by atoms with Crippen LogP contribution in [-0.4, -0.2) is 9.97 Å². The van der Waals surface area contributed by atoms with Crippen molar-refractivity contribution in [3.05, 3.63) is 68.9 Å². The highest BCUT2D eigenvalue weighted by atomic mass is 35.5. The van der Waals surface area contributed by atoms with Gasteiger partial charge in [0, 0.05) is 44.2 Å². The smallest absolute Gasteiger partial charge is 0.0514 e. The molecule has 0 amide bonds. The average molecular weight is 372 g/mol. The summed E-state index contributed by atoms with van der Waals surface area (Å²) in [5.41, 5.74) is 1.95. The van der Waals surface area contributed by atoms with Crippen LogP contribution in [0.5, 0.6) is 0 Å². The van der Waals surface area contributed by atoms with E-state index < -0.39 is 0 Å². The van der Waals surface area contributed by atoms with Gasteiger partial charge >= 0.3 is 0 Å². The highest BCUT2D eigenvalue weighted by Crippen LogP contribution is 2.27. The quantitative estimate of drug-likeness (QED) is 0.335. The lowest BCUT2D eigenvalue weighted by Crippen LogP contribution is -1.69. The van der Waals surface area contributed by atoms with Crippen LogP contribution < -0.4 is 0 Å². The standard InChI is InChI=1S/2C8H5Cl2N/c2*9-5-3-7(10)6-1-2-11-8(6)4-5/h2*1-4,11H. The molecular formula is C16H10Cl4N2. The number of hydrogen-bond acceptors (Lipinski definition) is 0. The summed E-state index contributed by atoms with van der Waals surface area (Å²) in [6, 6.07) is 11.0. The first-order chi connectivity index (χ1) is 10.5. The molecule has 2 nitrogen and oxygen atoms in total. The number of H-pyrrole nitrogens is 2. The third-order valence-electron chi connectivity index (χ3n) is 3.17. The molecule has 4 rings (SSSR count). The second kappa shape index (κ2) is 6.43. The number of aromatic amines is 2. The van der Waals surface area contributed by atoms with Crippen molar-refractivity contribution < 1.29 is 0 Å². The maximum Gasteiger partial charge on any atom is 0.0514 e. The lowest BCUT2D eigenvalue weighted by molar-refractivity contribution is 1.48. The third kappa shape index (κ3) is 3.21. The molecule has 0 spiro atoms. The largest absolute Gasteiger partial charge is 0.361 e. The third-order valence-corrected chi connectivity index (χ3v) is 4.23. The summed E-state index contributed by atoms with van der Waals surface area (Å²) >= 11 is 23.4. The van der Waals surface area contributed by atoms with Crippen LogP contribution in [0.1, 0.15) is 0 Å². The van der Waals surface area contributed by atoms with E-state index in [4.69, 9.17) is 46.4 Å². The maximum atomic E-state index is 5.90. The van der Waals surface area contributed by atoms with Crippen LogP contribution in [0.15, 0.2) is 48.8 Å². The second-order valence-electron chi connectivity index (χ2n) is 4.65. The molecular weight excluding hydrogens is 362 g/mol. The van der Waals surface area contributed by atoms with Gasteiger partial charge in [-0.2, -0.15) is 0 Å². The van der Waals surface area contributed by atoms with Crippen LogP contribution in [0, 0.1) is 0 Å². The van der Waals surface area contributed by atoms with Crippen LogP contribution in [0.4, 0.5) is 0 Å². The summed E-state index contributed by atoms with van der Waals surface area (Å²) < 4.78 is 0. The van der Waals surface area contributed by atoms with Crippen molar-refractivity contribution in [2.75, 3.05) is 0 Å². The SMILES string of the molecule is Clc1cc(Cl)c2cc[nH]c2c1.Clc1cc(Cl)c2cc[nH]c2c1. The first-order valence-electron chi connectivity index (χ1n) is 6.39. The number of hydrogen-bond donors (Lipinski definition) is 2. The molecule has 0 unspecified atom stereocenters. The second-order valence-corrected chi connectivity index (χ2v) is 6.34. The monoisotopic (exact) mass is 370 g/mol. The lowest BCUT2D eigenvalue weighted by atomic mass is 10.2. The molecule has 0 saturated carbocycles. The van der Waals surface area contributed by atoms with Crippen LogP contribution in [0.2, 0.25) is 20.1 Å². The molecule has 0 aliphatic heterocycles. The van der Waals surface area contributed by atoms with Crippen LogP contribution in [0.3, 0.4) is 0 Å². The Balaban J connectivity index is 0.000000131. The fourth-order valence-corrected chi connectivity index (χ4v) is 3.29. The minimum Gasteiger partial charge on any atom is -0.361 e. The number of aromatic nitrogens is 2. The minimum absolute atomic E-state index is 0.657. The van der Waals surface area contributed by atoms with E-state index in [0.29, 0.717) is 20.1 Å². The van der Waals surface area contributed by atoms with E-state index in [1.807, 2.05) is 36.7 Å². The Bertz CT molecular complexity index is 862.